The highest BCUT2D eigenvalue weighted by molar-refractivity contribution is 4.38. The lowest BCUT2D eigenvalue weighted by atomic mass is 10.5. The molecule has 0 saturated heterocycles. The Hall–Kier alpha value is -0.240. The highest BCUT2D eigenvalue weighted by Gasteiger charge is 1.91. The highest BCUT2D eigenvalue weighted by Crippen LogP contribution is 1.84. The Morgan fingerprint density at radius 1 is 0.875 bits per heavy atom. The summed E-state index contributed by atoms with van der Waals surface area (Å²) in [5, 5.41) is 8.28. The molecule has 0 aliphatic rings. The van der Waals surface area contributed by atoms with Gasteiger partial charge in [0.05, 0.1) is 26.4 Å². The average Bonchev–Trinajstić information content (AvgIpc) is 2.31. The fraction of sp³-hybridized carbons (Fsp3) is 1.00. The van der Waals surface area contributed by atoms with Crippen molar-refractivity contribution in [3.05, 3.63) is 0 Å². The second kappa shape index (κ2) is 14.8. The van der Waals surface area contributed by atoms with Crippen LogP contribution in [0.4, 0.5) is 0 Å². The van der Waals surface area contributed by atoms with Gasteiger partial charge in [0, 0.05) is 22.6 Å². The largest absolute Gasteiger partial charge is 0.379 e. The Balaban J connectivity index is -0.00000112. The second-order valence-corrected chi connectivity index (χ2v) is 3.24. The molecule has 0 aromatic heterocycles. The van der Waals surface area contributed by atoms with E-state index in [0.717, 1.165) is 12.8 Å². The van der Waals surface area contributed by atoms with E-state index in [2.05, 4.69) is 5.48 Å². The quantitative estimate of drug-likeness (QED) is 0.316. The van der Waals surface area contributed by atoms with Crippen molar-refractivity contribution in [1.29, 1.82) is 0 Å². The minimum Gasteiger partial charge on any atom is -0.379 e. The molecule has 0 aromatic rings. The molecule has 0 saturated carbocycles. The molecule has 6 nitrogen and oxygen atoms in total. The molecule has 0 aromatic carbocycles. The van der Waals surface area contributed by atoms with Gasteiger partial charge in [0.25, 0.3) is 0 Å². The van der Waals surface area contributed by atoms with Crippen molar-refractivity contribution in [3.63, 3.8) is 0 Å². The van der Waals surface area contributed by atoms with Crippen molar-refractivity contribution in [2.45, 2.75) is 12.8 Å². The summed E-state index contributed by atoms with van der Waals surface area (Å²) in [4.78, 5) is 0. The van der Waals surface area contributed by atoms with Gasteiger partial charge < -0.3 is 25.2 Å². The zero-order valence-electron chi connectivity index (χ0n) is 9.82. The van der Waals surface area contributed by atoms with E-state index in [9.17, 15) is 0 Å². The number of rotatable bonds is 13. The number of nitrogens with two attached hydrogens (primary N) is 1. The van der Waals surface area contributed by atoms with Gasteiger partial charge in [-0.3, -0.25) is 0 Å². The van der Waals surface area contributed by atoms with Crippen molar-refractivity contribution in [2.75, 3.05) is 52.7 Å². The number of nitrogens with one attached hydrogen (secondary N) is 1. The van der Waals surface area contributed by atoms with Crippen molar-refractivity contribution in [1.82, 2.24) is 5.48 Å². The Morgan fingerprint density at radius 3 is 1.88 bits per heavy atom. The van der Waals surface area contributed by atoms with Crippen LogP contribution in [0.2, 0.25) is 0 Å². The minimum absolute atomic E-state index is 0. The third kappa shape index (κ3) is 13.8. The molecule has 0 aliphatic heterocycles. The first-order chi connectivity index (χ1) is 7.91. The second-order valence-electron chi connectivity index (χ2n) is 3.24. The van der Waals surface area contributed by atoms with E-state index in [1.165, 1.54) is 0 Å². The van der Waals surface area contributed by atoms with Gasteiger partial charge >= 0.3 is 0 Å². The van der Waals surface area contributed by atoms with E-state index in [4.69, 9.17) is 25.2 Å². The Bertz CT molecular complexity index is 122. The number of hydroxylamine groups is 1. The Kier molecular flexibility index (Phi) is 14.5. The zero-order valence-corrected chi connectivity index (χ0v) is 9.82. The summed E-state index contributed by atoms with van der Waals surface area (Å²) < 4.78 is 15.8. The summed E-state index contributed by atoms with van der Waals surface area (Å²) in [6, 6.07) is 0. The van der Waals surface area contributed by atoms with Gasteiger partial charge in [0.15, 0.2) is 0 Å². The van der Waals surface area contributed by atoms with E-state index < -0.39 is 0 Å². The molecule has 0 radical (unpaired) electrons. The number of hydrogen-bond donors (Lipinski definition) is 3. The van der Waals surface area contributed by atoms with E-state index >= 15 is 0 Å². The molecule has 102 valence electrons. The first-order valence-electron chi connectivity index (χ1n) is 5.72. The van der Waals surface area contributed by atoms with Gasteiger partial charge in [-0.1, -0.05) is 0 Å². The fourth-order valence-corrected chi connectivity index (χ4v) is 0.981. The third-order valence-corrected chi connectivity index (χ3v) is 1.81. The van der Waals surface area contributed by atoms with Gasteiger partial charge in [0.2, 0.25) is 0 Å². The van der Waals surface area contributed by atoms with E-state index in [1.54, 1.807) is 0 Å². The SMILES string of the molecule is NCCCOCCOCCOCCCNO.[HH].[HH]. The molecule has 0 bridgehead atoms. The zero-order chi connectivity index (χ0) is 11.9. The van der Waals surface area contributed by atoms with Crippen LogP contribution in [0.15, 0.2) is 0 Å². The summed E-state index contributed by atoms with van der Waals surface area (Å²) in [7, 11) is 0. The first kappa shape index (κ1) is 15.8. The smallest absolute Gasteiger partial charge is 0.0701 e. The summed E-state index contributed by atoms with van der Waals surface area (Å²) in [5.41, 5.74) is 7.38. The summed E-state index contributed by atoms with van der Waals surface area (Å²) in [6.45, 7) is 4.89. The van der Waals surface area contributed by atoms with Gasteiger partial charge in [-0.25, -0.2) is 5.48 Å². The maximum Gasteiger partial charge on any atom is 0.0701 e. The molecule has 0 rings (SSSR count). The predicted octanol–water partition coefficient (Wildman–Crippen LogP) is 0.246. The van der Waals surface area contributed by atoms with Gasteiger partial charge in [-0.15, -0.1) is 0 Å². The molecule has 0 heterocycles. The van der Waals surface area contributed by atoms with Crippen molar-refractivity contribution in [2.24, 2.45) is 5.73 Å². The van der Waals surface area contributed by atoms with Crippen molar-refractivity contribution < 1.29 is 22.3 Å². The van der Waals surface area contributed by atoms with E-state index in [-0.39, 0.29) is 2.85 Å². The molecular weight excluding hydrogens is 212 g/mol. The van der Waals surface area contributed by atoms with Crippen LogP contribution in [0.5, 0.6) is 0 Å². The minimum atomic E-state index is 0. The van der Waals surface area contributed by atoms with Crippen LogP contribution >= 0.6 is 0 Å². The summed E-state index contributed by atoms with van der Waals surface area (Å²) in [6.07, 6.45) is 1.68. The Morgan fingerprint density at radius 2 is 1.38 bits per heavy atom. The predicted molar refractivity (Wildman–Crippen MR) is 64.8 cm³/mol. The molecule has 4 N–H and O–H groups in total. The Labute approximate surface area is 100.0 Å². The maximum absolute atomic E-state index is 8.28. The van der Waals surface area contributed by atoms with Crippen LogP contribution in [0.1, 0.15) is 15.7 Å². The standard InChI is InChI=1S/C10H24N2O4.2H2/c11-3-1-5-14-7-9-16-10-8-15-6-2-4-12-13;;/h12-13H,1-11H2;2*1H. The lowest BCUT2D eigenvalue weighted by Gasteiger charge is -2.06. The number of ether oxygens (including phenoxy) is 3. The van der Waals surface area contributed by atoms with Crippen LogP contribution < -0.4 is 11.2 Å². The first-order valence-corrected chi connectivity index (χ1v) is 5.72. The van der Waals surface area contributed by atoms with E-state index in [0.29, 0.717) is 52.7 Å². The molecule has 0 fully saturated rings. The van der Waals surface area contributed by atoms with Crippen LogP contribution in [-0.2, 0) is 14.2 Å². The molecule has 0 unspecified atom stereocenters. The third-order valence-electron chi connectivity index (χ3n) is 1.81. The van der Waals surface area contributed by atoms with Crippen molar-refractivity contribution in [3.8, 4) is 0 Å². The maximum atomic E-state index is 8.28. The summed E-state index contributed by atoms with van der Waals surface area (Å²) >= 11 is 0. The van der Waals surface area contributed by atoms with E-state index in [1.807, 2.05) is 0 Å². The molecule has 0 spiro atoms. The van der Waals surface area contributed by atoms with Gasteiger partial charge in [-0.05, 0) is 19.4 Å². The topological polar surface area (TPSA) is 86.0 Å². The lowest BCUT2D eigenvalue weighted by Crippen LogP contribution is -2.14. The molecule has 0 amide bonds. The molecule has 0 aliphatic carbocycles. The van der Waals surface area contributed by atoms with Crippen LogP contribution in [0, 0.1) is 0 Å². The van der Waals surface area contributed by atoms with Crippen LogP contribution in [-0.4, -0.2) is 57.9 Å². The van der Waals surface area contributed by atoms with Crippen molar-refractivity contribution >= 4 is 0 Å². The monoisotopic (exact) mass is 240 g/mol. The molecule has 16 heavy (non-hydrogen) atoms. The van der Waals surface area contributed by atoms with Crippen LogP contribution in [0.25, 0.3) is 0 Å². The molecular formula is C10H28N2O4. The lowest BCUT2D eigenvalue weighted by molar-refractivity contribution is 0.0128. The van der Waals surface area contributed by atoms with Gasteiger partial charge in [0.1, 0.15) is 0 Å². The molecule has 6 heteroatoms. The normalized spacial score (nSPS) is 10.9. The average molecular weight is 240 g/mol. The molecule has 0 atom stereocenters. The van der Waals surface area contributed by atoms with Gasteiger partial charge in [-0.2, -0.15) is 0 Å². The fourth-order valence-electron chi connectivity index (χ4n) is 0.981. The highest BCUT2D eigenvalue weighted by atomic mass is 16.5. The summed E-state index contributed by atoms with van der Waals surface area (Å²) in [5.74, 6) is 0. The number of hydrogen-bond acceptors (Lipinski definition) is 6. The van der Waals surface area contributed by atoms with Crippen LogP contribution in [0.3, 0.4) is 0 Å².